The highest BCUT2D eigenvalue weighted by atomic mass is 32.2. The fraction of sp³-hybridized carbons (Fsp3) is 0.208. The molecule has 6 nitrogen and oxygen atoms in total. The van der Waals surface area contributed by atoms with Crippen LogP contribution in [0.2, 0.25) is 0 Å². The van der Waals surface area contributed by atoms with Crippen molar-refractivity contribution >= 4 is 27.3 Å². The van der Waals surface area contributed by atoms with E-state index in [4.69, 9.17) is 4.74 Å². The number of hydrogen-bond donors (Lipinski definition) is 1. The molecule has 0 aliphatic carbocycles. The molecule has 0 fully saturated rings. The molecule has 3 aromatic rings. The lowest BCUT2D eigenvalue weighted by Gasteiger charge is -2.30. The smallest absolute Gasteiger partial charge is 0.264 e. The summed E-state index contributed by atoms with van der Waals surface area (Å²) in [6, 6.07) is 21.5. The van der Waals surface area contributed by atoms with Gasteiger partial charge in [0.2, 0.25) is 0 Å². The Balaban J connectivity index is 1.48. The van der Waals surface area contributed by atoms with Crippen molar-refractivity contribution in [2.45, 2.75) is 24.7 Å². The normalized spacial score (nSPS) is 13.4. The maximum absolute atomic E-state index is 13.3. The number of rotatable bonds is 6. The molecule has 160 valence electrons. The summed E-state index contributed by atoms with van der Waals surface area (Å²) < 4.78 is 33.7. The Morgan fingerprint density at radius 1 is 1.03 bits per heavy atom. The second-order valence-electron chi connectivity index (χ2n) is 7.44. The molecular weight excluding hydrogens is 412 g/mol. The Labute approximate surface area is 182 Å². The van der Waals surface area contributed by atoms with E-state index in [1.54, 1.807) is 31.2 Å². The number of para-hydroxylation sites is 2. The summed E-state index contributed by atoms with van der Waals surface area (Å²) in [5, 5.41) is 2.75. The van der Waals surface area contributed by atoms with Crippen molar-refractivity contribution in [1.29, 1.82) is 0 Å². The number of fused-ring (bicyclic) bond motifs is 1. The molecule has 0 atom stereocenters. The van der Waals surface area contributed by atoms with Crippen molar-refractivity contribution < 1.29 is 17.9 Å². The number of aryl methyl sites for hydroxylation is 2. The standard InChI is InChI=1S/C24H24N2O4S/c1-18-16-21(31(28,29)26-15-7-9-19-8-5-6-12-22(19)26)13-14-23(18)30-17-24(27)25-20-10-3-2-4-11-20/h2-6,8,10-14,16H,7,9,15,17H2,1H3,(H,25,27). The molecule has 4 rings (SSSR count). The number of ether oxygens (including phenoxy) is 1. The van der Waals surface area contributed by atoms with Crippen LogP contribution in [0.4, 0.5) is 11.4 Å². The van der Waals surface area contributed by atoms with Gasteiger partial charge in [0.15, 0.2) is 6.61 Å². The van der Waals surface area contributed by atoms with Gasteiger partial charge in [0, 0.05) is 12.2 Å². The third kappa shape index (κ3) is 4.56. The fourth-order valence-corrected chi connectivity index (χ4v) is 5.31. The van der Waals surface area contributed by atoms with Crippen LogP contribution >= 0.6 is 0 Å². The second kappa shape index (κ2) is 8.81. The van der Waals surface area contributed by atoms with E-state index in [1.165, 1.54) is 10.4 Å². The number of amides is 1. The zero-order valence-corrected chi connectivity index (χ0v) is 18.1. The van der Waals surface area contributed by atoms with Gasteiger partial charge in [0.05, 0.1) is 10.6 Å². The topological polar surface area (TPSA) is 75.7 Å². The van der Waals surface area contributed by atoms with Crippen LogP contribution in [0.15, 0.2) is 77.7 Å². The predicted octanol–water partition coefficient (Wildman–Crippen LogP) is 4.15. The van der Waals surface area contributed by atoms with Crippen LogP contribution in [0.3, 0.4) is 0 Å². The van der Waals surface area contributed by atoms with Crippen molar-refractivity contribution in [3.05, 3.63) is 83.9 Å². The number of sulfonamides is 1. The molecule has 31 heavy (non-hydrogen) atoms. The van der Waals surface area contributed by atoms with Crippen LogP contribution in [0.25, 0.3) is 0 Å². The average molecular weight is 437 g/mol. The summed E-state index contributed by atoms with van der Waals surface area (Å²) in [7, 11) is -3.69. The van der Waals surface area contributed by atoms with Gasteiger partial charge in [-0.25, -0.2) is 8.42 Å². The number of benzene rings is 3. The van der Waals surface area contributed by atoms with Gasteiger partial charge < -0.3 is 10.1 Å². The number of carbonyl (C=O) groups is 1. The van der Waals surface area contributed by atoms with E-state index in [0.29, 0.717) is 23.5 Å². The molecule has 1 aliphatic rings. The Morgan fingerprint density at radius 2 is 1.77 bits per heavy atom. The van der Waals surface area contributed by atoms with Gasteiger partial charge in [-0.2, -0.15) is 0 Å². The molecule has 1 N–H and O–H groups in total. The maximum atomic E-state index is 13.3. The second-order valence-corrected chi connectivity index (χ2v) is 9.30. The Hall–Kier alpha value is -3.32. The van der Waals surface area contributed by atoms with Crippen LogP contribution in [-0.4, -0.2) is 27.5 Å². The minimum atomic E-state index is -3.69. The maximum Gasteiger partial charge on any atom is 0.264 e. The molecule has 0 radical (unpaired) electrons. The number of anilines is 2. The highest BCUT2D eigenvalue weighted by Crippen LogP contribution is 2.33. The van der Waals surface area contributed by atoms with Gasteiger partial charge in [-0.15, -0.1) is 0 Å². The summed E-state index contributed by atoms with van der Waals surface area (Å²) in [6.45, 7) is 2.06. The van der Waals surface area contributed by atoms with Crippen molar-refractivity contribution in [3.63, 3.8) is 0 Å². The summed E-state index contributed by atoms with van der Waals surface area (Å²) in [5.41, 5.74) is 3.12. The van der Waals surface area contributed by atoms with Gasteiger partial charge >= 0.3 is 0 Å². The SMILES string of the molecule is Cc1cc(S(=O)(=O)N2CCCc3ccccc32)ccc1OCC(=O)Nc1ccccc1. The highest BCUT2D eigenvalue weighted by Gasteiger charge is 2.29. The molecule has 1 amide bonds. The van der Waals surface area contributed by atoms with Crippen molar-refractivity contribution in [1.82, 2.24) is 0 Å². The first-order chi connectivity index (χ1) is 14.9. The molecular formula is C24H24N2O4S. The van der Waals surface area contributed by atoms with E-state index in [-0.39, 0.29) is 17.4 Å². The van der Waals surface area contributed by atoms with E-state index in [0.717, 1.165) is 24.1 Å². The predicted molar refractivity (Wildman–Crippen MR) is 121 cm³/mol. The minimum Gasteiger partial charge on any atom is -0.483 e. The molecule has 0 spiro atoms. The monoisotopic (exact) mass is 436 g/mol. The summed E-state index contributed by atoms with van der Waals surface area (Å²) in [6.07, 6.45) is 1.66. The largest absolute Gasteiger partial charge is 0.483 e. The van der Waals surface area contributed by atoms with Crippen molar-refractivity contribution in [2.24, 2.45) is 0 Å². The highest BCUT2D eigenvalue weighted by molar-refractivity contribution is 7.92. The van der Waals surface area contributed by atoms with Gasteiger partial charge in [-0.1, -0.05) is 36.4 Å². The lowest BCUT2D eigenvalue weighted by molar-refractivity contribution is -0.118. The zero-order chi connectivity index (χ0) is 21.8. The van der Waals surface area contributed by atoms with Gasteiger partial charge in [0.25, 0.3) is 15.9 Å². The van der Waals surface area contributed by atoms with Crippen LogP contribution in [0, 0.1) is 6.92 Å². The molecule has 1 heterocycles. The minimum absolute atomic E-state index is 0.165. The number of nitrogens with one attached hydrogen (secondary N) is 1. The molecule has 1 aliphatic heterocycles. The summed E-state index contributed by atoms with van der Waals surface area (Å²) in [5.74, 6) is 0.188. The lowest BCUT2D eigenvalue weighted by atomic mass is 10.0. The third-order valence-electron chi connectivity index (χ3n) is 5.22. The molecule has 0 bridgehead atoms. The van der Waals surface area contributed by atoms with Gasteiger partial charge in [-0.3, -0.25) is 9.10 Å². The Morgan fingerprint density at radius 3 is 2.55 bits per heavy atom. The van der Waals surface area contributed by atoms with E-state index in [2.05, 4.69) is 5.32 Å². The van der Waals surface area contributed by atoms with Crippen LogP contribution < -0.4 is 14.4 Å². The number of nitrogens with zero attached hydrogens (tertiary/aromatic N) is 1. The lowest BCUT2D eigenvalue weighted by Crippen LogP contribution is -2.35. The fourth-order valence-electron chi connectivity index (χ4n) is 3.68. The van der Waals surface area contributed by atoms with E-state index in [9.17, 15) is 13.2 Å². The first kappa shape index (κ1) is 20.9. The first-order valence-corrected chi connectivity index (χ1v) is 11.6. The molecule has 0 aromatic heterocycles. The van der Waals surface area contributed by atoms with Crippen molar-refractivity contribution in [3.8, 4) is 5.75 Å². The Bertz CT molecular complexity index is 1190. The average Bonchev–Trinajstić information content (AvgIpc) is 2.78. The molecule has 0 unspecified atom stereocenters. The van der Waals surface area contributed by atoms with Crippen LogP contribution in [0.1, 0.15) is 17.5 Å². The van der Waals surface area contributed by atoms with Crippen molar-refractivity contribution in [2.75, 3.05) is 22.8 Å². The van der Waals surface area contributed by atoms with Crippen LogP contribution in [-0.2, 0) is 21.2 Å². The first-order valence-electron chi connectivity index (χ1n) is 10.1. The molecule has 3 aromatic carbocycles. The third-order valence-corrected chi connectivity index (χ3v) is 7.03. The quantitative estimate of drug-likeness (QED) is 0.630. The van der Waals surface area contributed by atoms with E-state index < -0.39 is 10.0 Å². The molecule has 0 saturated carbocycles. The van der Waals surface area contributed by atoms with E-state index >= 15 is 0 Å². The summed E-state index contributed by atoms with van der Waals surface area (Å²) >= 11 is 0. The zero-order valence-electron chi connectivity index (χ0n) is 17.2. The number of carbonyl (C=O) groups excluding carboxylic acids is 1. The van der Waals surface area contributed by atoms with Crippen LogP contribution in [0.5, 0.6) is 5.75 Å². The van der Waals surface area contributed by atoms with E-state index in [1.807, 2.05) is 42.5 Å². The summed E-state index contributed by atoms with van der Waals surface area (Å²) in [4.78, 5) is 12.3. The van der Waals surface area contributed by atoms with Gasteiger partial charge in [-0.05, 0) is 67.3 Å². The molecule has 7 heteroatoms. The number of hydrogen-bond acceptors (Lipinski definition) is 4. The van der Waals surface area contributed by atoms with Gasteiger partial charge in [0.1, 0.15) is 5.75 Å². The Kier molecular flexibility index (Phi) is 5.95. The molecule has 0 saturated heterocycles.